The van der Waals surface area contributed by atoms with Gasteiger partial charge in [0.2, 0.25) is 0 Å². The molecule has 0 aliphatic rings. The lowest BCUT2D eigenvalue weighted by Crippen LogP contribution is -2.43. The van der Waals surface area contributed by atoms with Crippen molar-refractivity contribution < 1.29 is 14.0 Å². The molecule has 0 bridgehead atoms. The Morgan fingerprint density at radius 1 is 1.15 bits per heavy atom. The van der Waals surface area contributed by atoms with E-state index in [1.54, 1.807) is 18.2 Å². The third-order valence-corrected chi connectivity index (χ3v) is 2.87. The molecule has 4 nitrogen and oxygen atoms in total. The lowest BCUT2D eigenvalue weighted by atomic mass is 10.2. The van der Waals surface area contributed by atoms with Crippen LogP contribution in [0.2, 0.25) is 0 Å². The maximum atomic E-state index is 13.4. The Labute approximate surface area is 119 Å². The molecule has 0 fully saturated rings. The van der Waals surface area contributed by atoms with Crippen molar-refractivity contribution in [3.8, 4) is 0 Å². The molecule has 110 valence electrons. The van der Waals surface area contributed by atoms with Crippen molar-refractivity contribution >= 4 is 11.8 Å². The first kappa shape index (κ1) is 16.1. The quantitative estimate of drug-likeness (QED) is 0.811. The Morgan fingerprint density at radius 2 is 1.75 bits per heavy atom. The van der Waals surface area contributed by atoms with Gasteiger partial charge in [-0.15, -0.1) is 0 Å². The Kier molecular flexibility index (Phi) is 6.70. The molecule has 1 N–H and O–H groups in total. The van der Waals surface area contributed by atoms with E-state index in [9.17, 15) is 14.0 Å². The van der Waals surface area contributed by atoms with E-state index in [0.717, 1.165) is 12.8 Å². The minimum Gasteiger partial charge on any atom is -0.344 e. The molecule has 0 saturated heterocycles. The Bertz CT molecular complexity index is 457. The Balaban J connectivity index is 2.57. The molecule has 1 rings (SSSR count). The van der Waals surface area contributed by atoms with Gasteiger partial charge in [0.1, 0.15) is 5.82 Å². The SMILES string of the molecule is CCCN(CCC)C(=O)C(=O)NCc1ccccc1F. The number of carbonyl (C=O) groups excluding carboxylic acids is 2. The first-order chi connectivity index (χ1) is 9.60. The van der Waals surface area contributed by atoms with Crippen molar-refractivity contribution in [1.29, 1.82) is 0 Å². The first-order valence-corrected chi connectivity index (χ1v) is 6.90. The van der Waals surface area contributed by atoms with Crippen molar-refractivity contribution in [2.75, 3.05) is 13.1 Å². The lowest BCUT2D eigenvalue weighted by molar-refractivity contribution is -0.146. The molecule has 2 amide bonds. The van der Waals surface area contributed by atoms with Gasteiger partial charge in [0, 0.05) is 25.2 Å². The van der Waals surface area contributed by atoms with Crippen LogP contribution in [0.3, 0.4) is 0 Å². The monoisotopic (exact) mass is 280 g/mol. The average Bonchev–Trinajstić information content (AvgIpc) is 2.45. The summed E-state index contributed by atoms with van der Waals surface area (Å²) in [7, 11) is 0. The minimum atomic E-state index is -0.685. The second-order valence-electron chi connectivity index (χ2n) is 4.57. The van der Waals surface area contributed by atoms with Crippen LogP contribution in [0.5, 0.6) is 0 Å². The molecule has 1 aromatic rings. The summed E-state index contributed by atoms with van der Waals surface area (Å²) in [5, 5.41) is 2.47. The minimum absolute atomic E-state index is 0.0172. The number of halogens is 1. The number of nitrogens with one attached hydrogen (secondary N) is 1. The van der Waals surface area contributed by atoms with Crippen LogP contribution in [0.15, 0.2) is 24.3 Å². The molecule has 0 aromatic heterocycles. The van der Waals surface area contributed by atoms with Crippen molar-refractivity contribution in [3.63, 3.8) is 0 Å². The van der Waals surface area contributed by atoms with Gasteiger partial charge in [-0.2, -0.15) is 0 Å². The Morgan fingerprint density at radius 3 is 2.30 bits per heavy atom. The number of amides is 2. The van der Waals surface area contributed by atoms with Crippen LogP contribution < -0.4 is 5.32 Å². The largest absolute Gasteiger partial charge is 0.344 e. The zero-order chi connectivity index (χ0) is 15.0. The van der Waals surface area contributed by atoms with Crippen LogP contribution in [0.25, 0.3) is 0 Å². The molecule has 0 atom stereocenters. The number of benzene rings is 1. The molecule has 20 heavy (non-hydrogen) atoms. The van der Waals surface area contributed by atoms with E-state index in [2.05, 4.69) is 5.32 Å². The summed E-state index contributed by atoms with van der Waals surface area (Å²) in [6, 6.07) is 6.17. The van der Waals surface area contributed by atoms with Crippen molar-refractivity contribution in [3.05, 3.63) is 35.6 Å². The molecular formula is C15H21FN2O2. The van der Waals surface area contributed by atoms with Gasteiger partial charge in [0.15, 0.2) is 0 Å². The third kappa shape index (κ3) is 4.64. The zero-order valence-corrected chi connectivity index (χ0v) is 12.0. The predicted molar refractivity (Wildman–Crippen MR) is 75.4 cm³/mol. The normalized spacial score (nSPS) is 10.2. The van der Waals surface area contributed by atoms with Crippen LogP contribution in [0.1, 0.15) is 32.3 Å². The van der Waals surface area contributed by atoms with Crippen LogP contribution in [0.4, 0.5) is 4.39 Å². The van der Waals surface area contributed by atoms with Crippen LogP contribution >= 0.6 is 0 Å². The van der Waals surface area contributed by atoms with Gasteiger partial charge in [-0.3, -0.25) is 9.59 Å². The van der Waals surface area contributed by atoms with Gasteiger partial charge in [0.05, 0.1) is 0 Å². The number of hydrogen-bond donors (Lipinski definition) is 1. The van der Waals surface area contributed by atoms with Gasteiger partial charge in [-0.25, -0.2) is 4.39 Å². The highest BCUT2D eigenvalue weighted by Gasteiger charge is 2.20. The number of rotatable bonds is 6. The molecule has 0 aliphatic heterocycles. The van der Waals surface area contributed by atoms with E-state index in [1.807, 2.05) is 13.8 Å². The maximum Gasteiger partial charge on any atom is 0.311 e. The first-order valence-electron chi connectivity index (χ1n) is 6.90. The zero-order valence-electron chi connectivity index (χ0n) is 12.0. The molecule has 5 heteroatoms. The van der Waals surface area contributed by atoms with Gasteiger partial charge in [0.25, 0.3) is 0 Å². The lowest BCUT2D eigenvalue weighted by Gasteiger charge is -2.20. The second-order valence-corrected chi connectivity index (χ2v) is 4.57. The second kappa shape index (κ2) is 8.30. The fourth-order valence-corrected chi connectivity index (χ4v) is 1.89. The van der Waals surface area contributed by atoms with E-state index in [0.29, 0.717) is 18.7 Å². The highest BCUT2D eigenvalue weighted by molar-refractivity contribution is 6.34. The van der Waals surface area contributed by atoms with Gasteiger partial charge >= 0.3 is 11.8 Å². The highest BCUT2D eigenvalue weighted by Crippen LogP contribution is 2.05. The standard InChI is InChI=1S/C15H21FN2O2/c1-3-9-18(10-4-2)15(20)14(19)17-11-12-7-5-6-8-13(12)16/h5-8H,3-4,9-11H2,1-2H3,(H,17,19). The summed E-state index contributed by atoms with van der Waals surface area (Å²) in [5.74, 6) is -1.63. The number of nitrogens with zero attached hydrogens (tertiary/aromatic N) is 1. The van der Waals surface area contributed by atoms with E-state index < -0.39 is 11.8 Å². The maximum absolute atomic E-state index is 13.4. The molecule has 0 saturated carbocycles. The molecule has 0 spiro atoms. The van der Waals surface area contributed by atoms with Crippen LogP contribution in [-0.4, -0.2) is 29.8 Å². The predicted octanol–water partition coefficient (Wildman–Crippen LogP) is 2.09. The molecule has 0 aliphatic carbocycles. The van der Waals surface area contributed by atoms with Gasteiger partial charge < -0.3 is 10.2 Å². The topological polar surface area (TPSA) is 49.4 Å². The summed E-state index contributed by atoms with van der Waals surface area (Å²) in [6.45, 7) is 5.03. The summed E-state index contributed by atoms with van der Waals surface area (Å²) in [6.07, 6.45) is 1.60. The molecule has 0 unspecified atom stereocenters. The molecule has 0 radical (unpaired) electrons. The average molecular weight is 280 g/mol. The van der Waals surface area contributed by atoms with Gasteiger partial charge in [-0.05, 0) is 18.9 Å². The summed E-state index contributed by atoms with van der Waals surface area (Å²) < 4.78 is 13.4. The Hall–Kier alpha value is -1.91. The number of hydrogen-bond acceptors (Lipinski definition) is 2. The molecule has 1 aromatic carbocycles. The van der Waals surface area contributed by atoms with Crippen molar-refractivity contribution in [2.24, 2.45) is 0 Å². The van der Waals surface area contributed by atoms with Crippen LogP contribution in [-0.2, 0) is 16.1 Å². The fourth-order valence-electron chi connectivity index (χ4n) is 1.89. The molecule has 0 heterocycles. The smallest absolute Gasteiger partial charge is 0.311 e. The molecular weight excluding hydrogens is 259 g/mol. The van der Waals surface area contributed by atoms with Gasteiger partial charge in [-0.1, -0.05) is 32.0 Å². The van der Waals surface area contributed by atoms with E-state index >= 15 is 0 Å². The van der Waals surface area contributed by atoms with E-state index in [4.69, 9.17) is 0 Å². The van der Waals surface area contributed by atoms with Crippen molar-refractivity contribution in [2.45, 2.75) is 33.2 Å². The summed E-state index contributed by atoms with van der Waals surface area (Å²) in [5.41, 5.74) is 0.367. The third-order valence-electron chi connectivity index (χ3n) is 2.87. The summed E-state index contributed by atoms with van der Waals surface area (Å²) in [4.78, 5) is 25.3. The fraction of sp³-hybridized carbons (Fsp3) is 0.467. The van der Waals surface area contributed by atoms with E-state index in [1.165, 1.54) is 11.0 Å². The van der Waals surface area contributed by atoms with Crippen molar-refractivity contribution in [1.82, 2.24) is 10.2 Å². The number of carbonyl (C=O) groups is 2. The van der Waals surface area contributed by atoms with Crippen LogP contribution in [0, 0.1) is 5.82 Å². The highest BCUT2D eigenvalue weighted by atomic mass is 19.1. The summed E-state index contributed by atoms with van der Waals surface area (Å²) >= 11 is 0. The van der Waals surface area contributed by atoms with E-state index in [-0.39, 0.29) is 12.4 Å².